The van der Waals surface area contributed by atoms with Crippen LogP contribution < -0.4 is 10.0 Å². The van der Waals surface area contributed by atoms with E-state index in [4.69, 9.17) is 0 Å². The minimum Gasteiger partial charge on any atom is -0.350 e. The van der Waals surface area contributed by atoms with Crippen molar-refractivity contribution in [1.82, 2.24) is 10.0 Å². The molecule has 6 heteroatoms. The fraction of sp³-hybridized carbons (Fsp3) is 0.250. The zero-order chi connectivity index (χ0) is 19.0. The van der Waals surface area contributed by atoms with E-state index in [1.165, 1.54) is 30.8 Å². The molecule has 138 valence electrons. The Morgan fingerprint density at radius 2 is 1.73 bits per heavy atom. The van der Waals surface area contributed by atoms with Crippen LogP contribution >= 0.6 is 0 Å². The molecule has 26 heavy (non-hydrogen) atoms. The van der Waals surface area contributed by atoms with Crippen molar-refractivity contribution < 1.29 is 13.2 Å². The van der Waals surface area contributed by atoms with E-state index in [1.54, 1.807) is 18.2 Å². The average molecular weight is 372 g/mol. The van der Waals surface area contributed by atoms with Crippen molar-refractivity contribution in [2.75, 3.05) is 7.05 Å². The molecule has 0 bridgehead atoms. The number of sulfonamides is 1. The van der Waals surface area contributed by atoms with Crippen LogP contribution in [0.5, 0.6) is 0 Å². The highest BCUT2D eigenvalue weighted by atomic mass is 32.2. The van der Waals surface area contributed by atoms with Crippen LogP contribution in [0.2, 0.25) is 0 Å². The first-order valence-electron chi connectivity index (χ1n) is 8.47. The van der Waals surface area contributed by atoms with Crippen LogP contribution in [0.3, 0.4) is 0 Å². The third-order valence-electron chi connectivity index (χ3n) is 3.98. The van der Waals surface area contributed by atoms with Gasteiger partial charge in [-0.2, -0.15) is 0 Å². The predicted molar refractivity (Wildman–Crippen MR) is 104 cm³/mol. The van der Waals surface area contributed by atoms with E-state index in [2.05, 4.69) is 22.2 Å². The van der Waals surface area contributed by atoms with Gasteiger partial charge in [-0.25, -0.2) is 13.1 Å². The molecule has 0 saturated heterocycles. The number of carbonyl (C=O) groups is 1. The Hall–Kier alpha value is -2.44. The van der Waals surface area contributed by atoms with E-state index < -0.39 is 10.0 Å². The molecule has 1 unspecified atom stereocenters. The molecule has 0 aliphatic carbocycles. The van der Waals surface area contributed by atoms with E-state index >= 15 is 0 Å². The monoisotopic (exact) mass is 372 g/mol. The molecule has 1 amide bonds. The normalized spacial score (nSPS) is 12.8. The fourth-order valence-electron chi connectivity index (χ4n) is 2.44. The van der Waals surface area contributed by atoms with Gasteiger partial charge in [0.05, 0.1) is 4.90 Å². The van der Waals surface area contributed by atoms with Gasteiger partial charge in [-0.05, 0) is 56.1 Å². The smallest absolute Gasteiger partial charge is 0.244 e. The van der Waals surface area contributed by atoms with Gasteiger partial charge in [-0.3, -0.25) is 4.79 Å². The molecule has 2 aromatic rings. The molecular formula is C20H24N2O3S. The van der Waals surface area contributed by atoms with Gasteiger partial charge in [-0.15, -0.1) is 0 Å². The van der Waals surface area contributed by atoms with E-state index in [0.717, 1.165) is 18.4 Å². The summed E-state index contributed by atoms with van der Waals surface area (Å²) in [6, 6.07) is 16.6. The molecule has 0 aliphatic rings. The van der Waals surface area contributed by atoms with Gasteiger partial charge in [0.2, 0.25) is 15.9 Å². The second kappa shape index (κ2) is 9.31. The Morgan fingerprint density at radius 3 is 2.35 bits per heavy atom. The number of hydrogen-bond acceptors (Lipinski definition) is 3. The molecule has 2 rings (SSSR count). The number of benzene rings is 2. The van der Waals surface area contributed by atoms with Gasteiger partial charge < -0.3 is 5.32 Å². The highest BCUT2D eigenvalue weighted by molar-refractivity contribution is 7.89. The van der Waals surface area contributed by atoms with Crippen LogP contribution in [0.4, 0.5) is 0 Å². The SMILES string of the molecule is CNS(=O)(=O)c1ccc(/C=C/C(=O)NC(C)CCc2ccccc2)cc1. The lowest BCUT2D eigenvalue weighted by atomic mass is 10.1. The Kier molecular flexibility index (Phi) is 7.12. The van der Waals surface area contributed by atoms with Crippen LogP contribution in [0.1, 0.15) is 24.5 Å². The lowest BCUT2D eigenvalue weighted by Crippen LogP contribution is -2.31. The molecule has 2 N–H and O–H groups in total. The number of hydrogen-bond donors (Lipinski definition) is 2. The topological polar surface area (TPSA) is 75.3 Å². The van der Waals surface area contributed by atoms with Gasteiger partial charge in [0.1, 0.15) is 0 Å². The highest BCUT2D eigenvalue weighted by Gasteiger charge is 2.10. The maximum absolute atomic E-state index is 12.0. The summed E-state index contributed by atoms with van der Waals surface area (Å²) in [5, 5.41) is 2.93. The molecule has 1 atom stereocenters. The third-order valence-corrected chi connectivity index (χ3v) is 5.41. The zero-order valence-electron chi connectivity index (χ0n) is 15.0. The maximum Gasteiger partial charge on any atom is 0.244 e. The summed E-state index contributed by atoms with van der Waals surface area (Å²) in [7, 11) is -2.08. The van der Waals surface area contributed by atoms with Crippen molar-refractivity contribution in [3.63, 3.8) is 0 Å². The van der Waals surface area contributed by atoms with Gasteiger partial charge in [-0.1, -0.05) is 42.5 Å². The molecule has 5 nitrogen and oxygen atoms in total. The number of rotatable bonds is 8. The summed E-state index contributed by atoms with van der Waals surface area (Å²) >= 11 is 0. The molecule has 0 heterocycles. The molecular weight excluding hydrogens is 348 g/mol. The van der Waals surface area contributed by atoms with E-state index in [1.807, 2.05) is 25.1 Å². The quantitative estimate of drug-likeness (QED) is 0.700. The van der Waals surface area contributed by atoms with Gasteiger partial charge >= 0.3 is 0 Å². The lowest BCUT2D eigenvalue weighted by molar-refractivity contribution is -0.117. The summed E-state index contributed by atoms with van der Waals surface area (Å²) in [5.74, 6) is -0.169. The minimum atomic E-state index is -3.44. The Labute approximate surface area is 155 Å². The summed E-state index contributed by atoms with van der Waals surface area (Å²) in [6.45, 7) is 1.98. The second-order valence-corrected chi connectivity index (χ2v) is 7.93. The molecule has 0 fully saturated rings. The van der Waals surface area contributed by atoms with Crippen LogP contribution in [-0.4, -0.2) is 27.4 Å². The van der Waals surface area contributed by atoms with Crippen LogP contribution in [0.15, 0.2) is 65.6 Å². The summed E-state index contributed by atoms with van der Waals surface area (Å²) in [5.41, 5.74) is 2.01. The molecule has 0 aliphatic heterocycles. The predicted octanol–water partition coefficient (Wildman–Crippen LogP) is 2.75. The average Bonchev–Trinajstić information content (AvgIpc) is 2.66. The van der Waals surface area contributed by atoms with Crippen molar-refractivity contribution in [2.45, 2.75) is 30.7 Å². The van der Waals surface area contributed by atoms with Crippen molar-refractivity contribution >= 4 is 22.0 Å². The number of nitrogens with one attached hydrogen (secondary N) is 2. The van der Waals surface area contributed by atoms with Crippen molar-refractivity contribution in [1.29, 1.82) is 0 Å². The molecule has 0 radical (unpaired) electrons. The standard InChI is InChI=1S/C20H24N2O3S/c1-16(8-9-17-6-4-3-5-7-17)22-20(23)15-12-18-10-13-19(14-11-18)26(24,25)21-2/h3-7,10-16,21H,8-9H2,1-2H3,(H,22,23)/b15-12+. The van der Waals surface area contributed by atoms with Crippen molar-refractivity contribution in [3.8, 4) is 0 Å². The van der Waals surface area contributed by atoms with Crippen molar-refractivity contribution in [3.05, 3.63) is 71.8 Å². The summed E-state index contributed by atoms with van der Waals surface area (Å²) in [6.07, 6.45) is 4.89. The first-order chi connectivity index (χ1) is 12.4. The number of aryl methyl sites for hydroxylation is 1. The third kappa shape index (κ3) is 6.13. The Morgan fingerprint density at radius 1 is 1.08 bits per heavy atom. The first-order valence-corrected chi connectivity index (χ1v) is 9.95. The summed E-state index contributed by atoms with van der Waals surface area (Å²) in [4.78, 5) is 12.2. The Bertz CT molecular complexity index is 844. The number of carbonyl (C=O) groups excluding carboxylic acids is 1. The van der Waals surface area contributed by atoms with Crippen LogP contribution in [0.25, 0.3) is 6.08 Å². The lowest BCUT2D eigenvalue weighted by Gasteiger charge is -2.12. The van der Waals surface area contributed by atoms with Crippen LogP contribution in [-0.2, 0) is 21.2 Å². The molecule has 0 saturated carbocycles. The molecule has 0 spiro atoms. The largest absolute Gasteiger partial charge is 0.350 e. The maximum atomic E-state index is 12.0. The summed E-state index contributed by atoms with van der Waals surface area (Å²) < 4.78 is 25.6. The van der Waals surface area contributed by atoms with Gasteiger partial charge in [0, 0.05) is 12.1 Å². The molecule has 2 aromatic carbocycles. The van der Waals surface area contributed by atoms with E-state index in [0.29, 0.717) is 0 Å². The number of amides is 1. The Balaban J connectivity index is 1.84. The van der Waals surface area contributed by atoms with Gasteiger partial charge in [0.15, 0.2) is 0 Å². The minimum absolute atomic E-state index is 0.0653. The van der Waals surface area contributed by atoms with E-state index in [9.17, 15) is 13.2 Å². The van der Waals surface area contributed by atoms with E-state index in [-0.39, 0.29) is 16.8 Å². The molecule has 0 aromatic heterocycles. The highest BCUT2D eigenvalue weighted by Crippen LogP contribution is 2.11. The second-order valence-electron chi connectivity index (χ2n) is 6.04. The zero-order valence-corrected chi connectivity index (χ0v) is 15.8. The van der Waals surface area contributed by atoms with Crippen LogP contribution in [0, 0.1) is 0 Å². The first kappa shape index (κ1) is 19.9. The van der Waals surface area contributed by atoms with Crippen molar-refractivity contribution in [2.24, 2.45) is 0 Å². The van der Waals surface area contributed by atoms with Gasteiger partial charge in [0.25, 0.3) is 0 Å². The fourth-order valence-corrected chi connectivity index (χ4v) is 3.17.